The molecule has 0 radical (unpaired) electrons. The van der Waals surface area contributed by atoms with Gasteiger partial charge in [0.25, 0.3) is 5.56 Å². The van der Waals surface area contributed by atoms with Gasteiger partial charge in [0.2, 0.25) is 5.91 Å². The van der Waals surface area contributed by atoms with E-state index in [0.29, 0.717) is 33.1 Å². The summed E-state index contributed by atoms with van der Waals surface area (Å²) in [5.41, 5.74) is 1.22. The van der Waals surface area contributed by atoms with Gasteiger partial charge in [-0.05, 0) is 55.8 Å². The van der Waals surface area contributed by atoms with Crippen LogP contribution in [-0.2, 0) is 11.3 Å². The van der Waals surface area contributed by atoms with Crippen LogP contribution in [0.1, 0.15) is 18.2 Å². The summed E-state index contributed by atoms with van der Waals surface area (Å²) in [6.45, 7) is 3.57. The molecule has 6 nitrogen and oxygen atoms in total. The molecule has 1 N–H and O–H groups in total. The molecule has 1 unspecified atom stereocenters. The third kappa shape index (κ3) is 4.54. The van der Waals surface area contributed by atoms with Crippen LogP contribution in [-0.4, -0.2) is 20.7 Å². The molecule has 4 rings (SSSR count). The third-order valence-corrected chi connectivity index (χ3v) is 5.90. The van der Waals surface area contributed by atoms with Crippen LogP contribution in [0, 0.1) is 12.7 Å². The molecule has 8 heteroatoms. The number of carbonyl (C=O) groups excluding carboxylic acids is 1. The second-order valence-electron chi connectivity index (χ2n) is 7.10. The summed E-state index contributed by atoms with van der Waals surface area (Å²) >= 11 is 1.16. The van der Waals surface area contributed by atoms with Gasteiger partial charge in [0.1, 0.15) is 11.6 Å². The van der Waals surface area contributed by atoms with Gasteiger partial charge in [0.05, 0.1) is 29.0 Å². The Morgan fingerprint density at radius 2 is 2.03 bits per heavy atom. The number of amides is 1. The number of fused-ring (bicyclic) bond motifs is 1. The van der Waals surface area contributed by atoms with E-state index in [4.69, 9.17) is 4.42 Å². The Morgan fingerprint density at radius 3 is 2.77 bits per heavy atom. The smallest absolute Gasteiger partial charge is 0.262 e. The zero-order chi connectivity index (χ0) is 22.0. The van der Waals surface area contributed by atoms with Crippen molar-refractivity contribution in [1.29, 1.82) is 0 Å². The zero-order valence-corrected chi connectivity index (χ0v) is 17.8. The van der Waals surface area contributed by atoms with Crippen molar-refractivity contribution < 1.29 is 13.6 Å². The number of benzene rings is 2. The highest BCUT2D eigenvalue weighted by atomic mass is 32.2. The summed E-state index contributed by atoms with van der Waals surface area (Å²) in [7, 11) is 0. The second kappa shape index (κ2) is 8.77. The van der Waals surface area contributed by atoms with Crippen LogP contribution in [0.5, 0.6) is 0 Å². The predicted octanol–water partition coefficient (Wildman–Crippen LogP) is 4.60. The number of furan rings is 1. The highest BCUT2D eigenvalue weighted by Gasteiger charge is 2.20. The fraction of sp³-hybridized carbons (Fsp3) is 0.174. The highest BCUT2D eigenvalue weighted by molar-refractivity contribution is 8.00. The predicted molar refractivity (Wildman–Crippen MR) is 119 cm³/mol. The van der Waals surface area contributed by atoms with Crippen LogP contribution in [0.4, 0.5) is 10.1 Å². The molecule has 2 heterocycles. The maximum absolute atomic E-state index is 13.8. The van der Waals surface area contributed by atoms with Gasteiger partial charge in [-0.25, -0.2) is 9.37 Å². The van der Waals surface area contributed by atoms with E-state index in [2.05, 4.69) is 10.3 Å². The number of nitrogens with one attached hydrogen (secondary N) is 1. The fourth-order valence-electron chi connectivity index (χ4n) is 3.06. The third-order valence-electron chi connectivity index (χ3n) is 4.81. The quantitative estimate of drug-likeness (QED) is 0.352. The summed E-state index contributed by atoms with van der Waals surface area (Å²) in [5, 5.41) is 3.02. The normalized spacial score (nSPS) is 12.1. The number of para-hydroxylation sites is 1. The maximum Gasteiger partial charge on any atom is 0.262 e. The van der Waals surface area contributed by atoms with Gasteiger partial charge in [0.15, 0.2) is 5.16 Å². The van der Waals surface area contributed by atoms with Crippen LogP contribution in [0.15, 0.2) is 75.2 Å². The van der Waals surface area contributed by atoms with Crippen molar-refractivity contribution in [2.45, 2.75) is 30.8 Å². The molecule has 31 heavy (non-hydrogen) atoms. The summed E-state index contributed by atoms with van der Waals surface area (Å²) in [6, 6.07) is 15.1. The summed E-state index contributed by atoms with van der Waals surface area (Å²) in [6.07, 6.45) is 1.54. The van der Waals surface area contributed by atoms with E-state index in [1.807, 2.05) is 6.07 Å². The van der Waals surface area contributed by atoms with Crippen molar-refractivity contribution in [2.24, 2.45) is 0 Å². The number of carbonyl (C=O) groups is 1. The molecule has 0 bridgehead atoms. The maximum atomic E-state index is 13.8. The molecule has 0 aliphatic rings. The van der Waals surface area contributed by atoms with E-state index in [1.54, 1.807) is 62.6 Å². The van der Waals surface area contributed by atoms with E-state index < -0.39 is 5.25 Å². The highest BCUT2D eigenvalue weighted by Crippen LogP contribution is 2.25. The van der Waals surface area contributed by atoms with Crippen molar-refractivity contribution >= 4 is 34.3 Å². The van der Waals surface area contributed by atoms with Crippen LogP contribution in [0.25, 0.3) is 10.9 Å². The van der Waals surface area contributed by atoms with Crippen molar-refractivity contribution in [2.75, 3.05) is 5.32 Å². The first-order valence-corrected chi connectivity index (χ1v) is 10.6. The Kier molecular flexibility index (Phi) is 5.90. The SMILES string of the molecule is Cc1ccc(NC(=O)C(C)Sc2nc3ccccc3c(=O)n2Cc2ccco2)cc1F. The lowest BCUT2D eigenvalue weighted by atomic mass is 10.2. The Bertz CT molecular complexity index is 1300. The summed E-state index contributed by atoms with van der Waals surface area (Å²) in [4.78, 5) is 30.4. The lowest BCUT2D eigenvalue weighted by molar-refractivity contribution is -0.115. The Hall–Kier alpha value is -3.39. The molecule has 1 atom stereocenters. The van der Waals surface area contributed by atoms with Crippen LogP contribution in [0.3, 0.4) is 0 Å². The number of anilines is 1. The molecule has 0 saturated carbocycles. The van der Waals surface area contributed by atoms with Crippen molar-refractivity contribution in [3.05, 3.63) is 88.4 Å². The average Bonchev–Trinajstić information content (AvgIpc) is 3.27. The van der Waals surface area contributed by atoms with Crippen molar-refractivity contribution in [3.8, 4) is 0 Å². The molecule has 0 fully saturated rings. The van der Waals surface area contributed by atoms with E-state index in [-0.39, 0.29) is 23.8 Å². The van der Waals surface area contributed by atoms with Crippen molar-refractivity contribution in [3.63, 3.8) is 0 Å². The lowest BCUT2D eigenvalue weighted by Gasteiger charge is -2.16. The van der Waals surface area contributed by atoms with Crippen molar-refractivity contribution in [1.82, 2.24) is 9.55 Å². The standard InChI is InChI=1S/C23H20FN3O3S/c1-14-9-10-16(12-19(14)24)25-21(28)15(2)31-23-26-20-8-4-3-7-18(20)22(29)27(23)13-17-6-5-11-30-17/h3-12,15H,13H2,1-2H3,(H,25,28). The van der Waals surface area contributed by atoms with Gasteiger partial charge in [-0.3, -0.25) is 14.2 Å². The number of hydrogen-bond acceptors (Lipinski definition) is 5. The van der Waals surface area contributed by atoms with Gasteiger partial charge in [-0.2, -0.15) is 0 Å². The van der Waals surface area contributed by atoms with Crippen LogP contribution in [0.2, 0.25) is 0 Å². The summed E-state index contributed by atoms with van der Waals surface area (Å²) < 4.78 is 20.7. The lowest BCUT2D eigenvalue weighted by Crippen LogP contribution is -2.27. The number of aryl methyl sites for hydroxylation is 1. The largest absolute Gasteiger partial charge is 0.467 e. The minimum atomic E-state index is -0.583. The van der Waals surface area contributed by atoms with Gasteiger partial charge in [-0.15, -0.1) is 0 Å². The second-order valence-corrected chi connectivity index (χ2v) is 8.40. The number of halogens is 1. The molecule has 4 aromatic rings. The van der Waals surface area contributed by atoms with Gasteiger partial charge < -0.3 is 9.73 Å². The molecule has 0 spiro atoms. The van der Waals surface area contributed by atoms with Gasteiger partial charge >= 0.3 is 0 Å². The zero-order valence-electron chi connectivity index (χ0n) is 17.0. The fourth-order valence-corrected chi connectivity index (χ4v) is 3.97. The van der Waals surface area contributed by atoms with Crippen LogP contribution >= 0.6 is 11.8 Å². The molecule has 1 amide bonds. The molecular formula is C23H20FN3O3S. The number of hydrogen-bond donors (Lipinski definition) is 1. The average molecular weight is 437 g/mol. The Morgan fingerprint density at radius 1 is 1.23 bits per heavy atom. The minimum Gasteiger partial charge on any atom is -0.467 e. The first-order valence-electron chi connectivity index (χ1n) is 9.68. The summed E-state index contributed by atoms with van der Waals surface area (Å²) in [5.74, 6) is -0.102. The number of rotatable bonds is 6. The Balaban J connectivity index is 1.63. The van der Waals surface area contributed by atoms with Gasteiger partial charge in [0, 0.05) is 5.69 Å². The molecule has 158 valence electrons. The molecule has 0 saturated heterocycles. The van der Waals surface area contributed by atoms with E-state index in [9.17, 15) is 14.0 Å². The van der Waals surface area contributed by atoms with Gasteiger partial charge in [-0.1, -0.05) is 30.0 Å². The molecule has 0 aliphatic heterocycles. The minimum absolute atomic E-state index is 0.198. The van der Waals surface area contributed by atoms with E-state index in [1.165, 1.54) is 10.6 Å². The first-order chi connectivity index (χ1) is 14.9. The van der Waals surface area contributed by atoms with E-state index >= 15 is 0 Å². The number of thioether (sulfide) groups is 1. The number of aromatic nitrogens is 2. The molecule has 2 aromatic heterocycles. The topological polar surface area (TPSA) is 77.1 Å². The first kappa shape index (κ1) is 20.9. The van der Waals surface area contributed by atoms with Crippen LogP contribution < -0.4 is 10.9 Å². The molecule has 0 aliphatic carbocycles. The number of nitrogens with zero attached hydrogens (tertiary/aromatic N) is 2. The Labute approximate surface area is 182 Å². The molecular weight excluding hydrogens is 417 g/mol. The van der Waals surface area contributed by atoms with E-state index in [0.717, 1.165) is 11.8 Å². The monoisotopic (exact) mass is 437 g/mol. The molecule has 2 aromatic carbocycles.